The van der Waals surface area contributed by atoms with Gasteiger partial charge < -0.3 is 14.7 Å². The fourth-order valence-electron chi connectivity index (χ4n) is 4.83. The molecule has 5 heteroatoms. The fraction of sp³-hybridized carbons (Fsp3) is 0.520. The highest BCUT2D eigenvalue weighted by molar-refractivity contribution is 5.87. The van der Waals surface area contributed by atoms with Crippen LogP contribution >= 0.6 is 0 Å². The largest absolute Gasteiger partial charge is 0.365 e. The molecule has 5 nitrogen and oxygen atoms in total. The van der Waals surface area contributed by atoms with Crippen LogP contribution in [0.15, 0.2) is 42.5 Å². The van der Waals surface area contributed by atoms with Gasteiger partial charge in [-0.2, -0.15) is 0 Å². The van der Waals surface area contributed by atoms with Gasteiger partial charge in [0, 0.05) is 44.8 Å². The molecule has 0 saturated carbocycles. The molecule has 4 rings (SSSR count). The van der Waals surface area contributed by atoms with Crippen LogP contribution in [-0.2, 0) is 9.59 Å². The van der Waals surface area contributed by atoms with Gasteiger partial charge in [-0.3, -0.25) is 9.59 Å². The molecule has 0 radical (unpaired) electrons. The number of carbonyl (C=O) groups excluding carboxylic acids is 2. The summed E-state index contributed by atoms with van der Waals surface area (Å²) in [4.78, 5) is 31.7. The monoisotopic (exact) mass is 407 g/mol. The van der Waals surface area contributed by atoms with Crippen molar-refractivity contribution < 1.29 is 9.59 Å². The molecular weight excluding hydrogens is 374 g/mol. The Kier molecular flexibility index (Phi) is 6.26. The van der Waals surface area contributed by atoms with E-state index in [0.717, 1.165) is 38.0 Å². The number of rotatable bonds is 4. The molecule has 2 heterocycles. The molecule has 2 aliphatic heterocycles. The smallest absolute Gasteiger partial charge is 0.242 e. The third-order valence-corrected chi connectivity index (χ3v) is 6.71. The van der Waals surface area contributed by atoms with E-state index < -0.39 is 0 Å². The first kappa shape index (κ1) is 20.7. The Hall–Kier alpha value is -2.56. The maximum absolute atomic E-state index is 12.9. The van der Waals surface area contributed by atoms with Gasteiger partial charge >= 0.3 is 0 Å². The molecule has 160 valence electrons. The zero-order valence-electron chi connectivity index (χ0n) is 18.2. The van der Waals surface area contributed by atoms with E-state index in [9.17, 15) is 9.59 Å². The summed E-state index contributed by atoms with van der Waals surface area (Å²) in [7, 11) is 1.97. The number of benzene rings is 2. The summed E-state index contributed by atoms with van der Waals surface area (Å²) < 4.78 is 0. The van der Waals surface area contributed by atoms with Gasteiger partial charge in [0.15, 0.2) is 0 Å². The van der Waals surface area contributed by atoms with Crippen LogP contribution in [0, 0.1) is 11.8 Å². The Balaban J connectivity index is 1.30. The topological polar surface area (TPSA) is 43.9 Å². The maximum atomic E-state index is 12.9. The van der Waals surface area contributed by atoms with E-state index in [0.29, 0.717) is 31.5 Å². The second kappa shape index (κ2) is 9.07. The van der Waals surface area contributed by atoms with Crippen molar-refractivity contribution in [3.63, 3.8) is 0 Å². The van der Waals surface area contributed by atoms with Crippen LogP contribution in [-0.4, -0.2) is 61.4 Å². The maximum Gasteiger partial charge on any atom is 0.242 e. The molecule has 0 spiro atoms. The number of piperidine rings is 2. The van der Waals surface area contributed by atoms with Crippen molar-refractivity contribution in [2.24, 2.45) is 11.8 Å². The Bertz CT molecular complexity index is 904. The molecule has 2 aliphatic rings. The quantitative estimate of drug-likeness (QED) is 0.775. The predicted molar refractivity (Wildman–Crippen MR) is 122 cm³/mol. The number of hydrogen-bond donors (Lipinski definition) is 0. The van der Waals surface area contributed by atoms with Crippen molar-refractivity contribution in [1.29, 1.82) is 0 Å². The van der Waals surface area contributed by atoms with Gasteiger partial charge in [0.25, 0.3) is 0 Å². The van der Waals surface area contributed by atoms with Crippen LogP contribution in [0.25, 0.3) is 10.8 Å². The lowest BCUT2D eigenvalue weighted by Gasteiger charge is -2.37. The molecule has 30 heavy (non-hydrogen) atoms. The first-order valence-corrected chi connectivity index (χ1v) is 11.3. The molecule has 1 unspecified atom stereocenters. The van der Waals surface area contributed by atoms with Gasteiger partial charge in [-0.15, -0.1) is 0 Å². The number of anilines is 1. The van der Waals surface area contributed by atoms with E-state index in [4.69, 9.17) is 0 Å². The summed E-state index contributed by atoms with van der Waals surface area (Å²) in [5.41, 5.74) is 1.05. The Morgan fingerprint density at radius 1 is 0.967 bits per heavy atom. The summed E-state index contributed by atoms with van der Waals surface area (Å²) in [6, 6.07) is 14.6. The van der Waals surface area contributed by atoms with Crippen LogP contribution in [0.2, 0.25) is 0 Å². The van der Waals surface area contributed by atoms with Crippen molar-refractivity contribution in [2.75, 3.05) is 44.7 Å². The molecule has 2 amide bonds. The van der Waals surface area contributed by atoms with E-state index >= 15 is 0 Å². The third-order valence-electron chi connectivity index (χ3n) is 6.71. The van der Waals surface area contributed by atoms with Gasteiger partial charge in [0.2, 0.25) is 11.8 Å². The highest BCUT2D eigenvalue weighted by atomic mass is 16.2. The zero-order chi connectivity index (χ0) is 21.1. The molecule has 0 aromatic heterocycles. The molecular formula is C25H33N3O2. The van der Waals surface area contributed by atoms with Crippen LogP contribution < -0.4 is 4.90 Å². The minimum atomic E-state index is 0.0811. The van der Waals surface area contributed by atoms with Crippen LogP contribution in [0.4, 0.5) is 5.69 Å². The Labute approximate surface area is 179 Å². The van der Waals surface area contributed by atoms with Crippen molar-refractivity contribution in [2.45, 2.75) is 32.6 Å². The van der Waals surface area contributed by atoms with E-state index in [1.165, 1.54) is 17.2 Å². The second-order valence-electron chi connectivity index (χ2n) is 9.07. The molecule has 2 saturated heterocycles. The summed E-state index contributed by atoms with van der Waals surface area (Å²) in [6.45, 7) is 5.76. The molecule has 1 atom stereocenters. The molecule has 0 aliphatic carbocycles. The Morgan fingerprint density at radius 3 is 2.43 bits per heavy atom. The number of likely N-dealkylation sites (N-methyl/N-ethyl adjacent to an activating group) is 1. The lowest BCUT2D eigenvalue weighted by molar-refractivity contribution is -0.141. The third kappa shape index (κ3) is 4.61. The summed E-state index contributed by atoms with van der Waals surface area (Å²) in [6.07, 6.45) is 3.91. The lowest BCUT2D eigenvalue weighted by Crippen LogP contribution is -2.48. The van der Waals surface area contributed by atoms with Crippen molar-refractivity contribution in [1.82, 2.24) is 9.80 Å². The number of carbonyl (C=O) groups is 2. The highest BCUT2D eigenvalue weighted by Gasteiger charge is 2.31. The molecule has 2 fully saturated rings. The number of likely N-dealkylation sites (tertiary alicyclic amines) is 2. The van der Waals surface area contributed by atoms with Gasteiger partial charge in [-0.05, 0) is 54.5 Å². The van der Waals surface area contributed by atoms with E-state index in [-0.39, 0.29) is 11.8 Å². The molecule has 2 aromatic carbocycles. The number of fused-ring (bicyclic) bond motifs is 1. The van der Waals surface area contributed by atoms with Gasteiger partial charge in [-0.25, -0.2) is 0 Å². The summed E-state index contributed by atoms with van der Waals surface area (Å²) in [5, 5.41) is 2.39. The standard InChI is InChI=1S/C25H33N3O2/c1-19-6-5-13-28(17-19)25(30)21-11-14-27(15-12-21)24(29)18-26(2)23-10-9-20-7-3-4-8-22(20)16-23/h3-4,7-10,16,19,21H,5-6,11-15,17-18H2,1-2H3. The minimum absolute atomic E-state index is 0.0811. The van der Waals surface area contributed by atoms with Crippen LogP contribution in [0.1, 0.15) is 32.6 Å². The van der Waals surface area contributed by atoms with Gasteiger partial charge in [0.1, 0.15) is 0 Å². The number of nitrogens with zero attached hydrogens (tertiary/aromatic N) is 3. The predicted octanol–water partition coefficient (Wildman–Crippen LogP) is 3.77. The van der Waals surface area contributed by atoms with Gasteiger partial charge in [-0.1, -0.05) is 37.3 Å². The second-order valence-corrected chi connectivity index (χ2v) is 9.07. The van der Waals surface area contributed by atoms with Gasteiger partial charge in [0.05, 0.1) is 6.54 Å². The lowest BCUT2D eigenvalue weighted by atomic mass is 9.92. The first-order valence-electron chi connectivity index (χ1n) is 11.3. The molecule has 0 N–H and O–H groups in total. The van der Waals surface area contributed by atoms with Crippen molar-refractivity contribution in [3.8, 4) is 0 Å². The fourth-order valence-corrected chi connectivity index (χ4v) is 4.83. The van der Waals surface area contributed by atoms with Crippen LogP contribution in [0.3, 0.4) is 0 Å². The van der Waals surface area contributed by atoms with Crippen molar-refractivity contribution in [3.05, 3.63) is 42.5 Å². The SMILES string of the molecule is CC1CCCN(C(=O)C2CCN(C(=O)CN(C)c3ccc4ccccc4c3)CC2)C1. The molecule has 0 bridgehead atoms. The first-order chi connectivity index (χ1) is 14.5. The van der Waals surface area contributed by atoms with E-state index in [1.54, 1.807) is 0 Å². The summed E-state index contributed by atoms with van der Waals surface area (Å²) in [5.74, 6) is 1.14. The zero-order valence-corrected chi connectivity index (χ0v) is 18.2. The number of hydrogen-bond acceptors (Lipinski definition) is 3. The van der Waals surface area contributed by atoms with E-state index in [1.807, 2.05) is 29.0 Å². The highest BCUT2D eigenvalue weighted by Crippen LogP contribution is 2.25. The number of amides is 2. The van der Waals surface area contributed by atoms with Crippen LogP contribution in [0.5, 0.6) is 0 Å². The molecule has 2 aromatic rings. The normalized spacial score (nSPS) is 20.4. The minimum Gasteiger partial charge on any atom is -0.365 e. The van der Waals surface area contributed by atoms with Crippen molar-refractivity contribution >= 4 is 28.3 Å². The Morgan fingerprint density at radius 2 is 1.70 bits per heavy atom. The average Bonchev–Trinajstić information content (AvgIpc) is 2.78. The summed E-state index contributed by atoms with van der Waals surface area (Å²) >= 11 is 0. The van der Waals surface area contributed by atoms with E-state index in [2.05, 4.69) is 42.2 Å². The average molecular weight is 408 g/mol.